The van der Waals surface area contributed by atoms with Crippen LogP contribution in [0.5, 0.6) is 0 Å². The smallest absolute Gasteiger partial charge is 0.403 e. The van der Waals surface area contributed by atoms with E-state index in [0.717, 1.165) is 25.5 Å². The molecule has 0 bridgehead atoms. The number of benzene rings is 1. The highest BCUT2D eigenvalue weighted by Crippen LogP contribution is 2.47. The lowest BCUT2D eigenvalue weighted by Crippen LogP contribution is -2.42. The number of fused-ring (bicyclic) bond motifs is 1. The van der Waals surface area contributed by atoms with Crippen molar-refractivity contribution in [3.05, 3.63) is 35.4 Å². The molecule has 0 spiro atoms. The molecule has 202 valence electrons. The van der Waals surface area contributed by atoms with E-state index >= 15 is 0 Å². The second-order valence-electron chi connectivity index (χ2n) is 13.1. The lowest BCUT2D eigenvalue weighted by atomic mass is 9.62. The molecule has 1 saturated heterocycles. The van der Waals surface area contributed by atoms with E-state index in [2.05, 4.69) is 91.5 Å². The Labute approximate surface area is 221 Å². The van der Waals surface area contributed by atoms with Crippen LogP contribution in [0.1, 0.15) is 106 Å². The van der Waals surface area contributed by atoms with Gasteiger partial charge in [0.25, 0.3) is 0 Å². The maximum Gasteiger partial charge on any atom is 0.457 e. The second kappa shape index (κ2) is 12.4. The highest BCUT2D eigenvalue weighted by atomic mass is 16.7. The molecule has 1 fully saturated rings. The highest BCUT2D eigenvalue weighted by Gasteiger charge is 2.50. The van der Waals surface area contributed by atoms with Gasteiger partial charge in [-0.05, 0) is 88.2 Å². The Balaban J connectivity index is 0.00000145. The third-order valence-corrected chi connectivity index (χ3v) is 9.43. The van der Waals surface area contributed by atoms with Crippen LogP contribution < -0.4 is 0 Å². The average molecular weight is 499 g/mol. The zero-order valence-electron chi connectivity index (χ0n) is 24.5. The zero-order valence-corrected chi connectivity index (χ0v) is 24.5. The molecule has 0 saturated carbocycles. The van der Waals surface area contributed by atoms with Crippen molar-refractivity contribution in [1.29, 1.82) is 5.41 Å². The first-order valence-corrected chi connectivity index (χ1v) is 13.9. The summed E-state index contributed by atoms with van der Waals surface area (Å²) in [6.07, 6.45) is 9.19. The molecular formula is C30H51BN2O3. The number of nitrogens with zero attached hydrogens (tertiary/aromatic N) is 1. The molecule has 0 aromatic heterocycles. The predicted octanol–water partition coefficient (Wildman–Crippen LogP) is 7.43. The van der Waals surface area contributed by atoms with Crippen molar-refractivity contribution >= 4 is 13.2 Å². The maximum absolute atomic E-state index is 8.35. The van der Waals surface area contributed by atoms with Crippen molar-refractivity contribution in [2.45, 2.75) is 131 Å². The number of isocyanates is 1. The van der Waals surface area contributed by atoms with Crippen LogP contribution in [0, 0.1) is 16.2 Å². The monoisotopic (exact) mass is 498 g/mol. The summed E-state index contributed by atoms with van der Waals surface area (Å²) in [5.41, 5.74) is 3.27. The van der Waals surface area contributed by atoms with Gasteiger partial charge in [-0.3, -0.25) is 4.90 Å². The summed E-state index contributed by atoms with van der Waals surface area (Å²) in [4.78, 5) is 11.0. The fourth-order valence-electron chi connectivity index (χ4n) is 5.57. The van der Waals surface area contributed by atoms with E-state index in [1.54, 1.807) is 5.56 Å². The minimum absolute atomic E-state index is 0.0590. The second-order valence-corrected chi connectivity index (χ2v) is 13.1. The normalized spacial score (nSPS) is 22.7. The van der Waals surface area contributed by atoms with Crippen LogP contribution in [0.25, 0.3) is 0 Å². The maximum atomic E-state index is 8.35. The molecule has 2 aliphatic heterocycles. The first-order valence-electron chi connectivity index (χ1n) is 13.9. The molecule has 36 heavy (non-hydrogen) atoms. The number of nitrogens with one attached hydrogen (secondary N) is 1. The molecule has 1 aromatic carbocycles. The largest absolute Gasteiger partial charge is 0.457 e. The molecule has 2 heterocycles. The van der Waals surface area contributed by atoms with E-state index < -0.39 is 0 Å². The van der Waals surface area contributed by atoms with Crippen molar-refractivity contribution in [2.24, 2.45) is 10.8 Å². The summed E-state index contributed by atoms with van der Waals surface area (Å²) in [5, 5.41) is 5.40. The SMILES string of the molecule is CCN1Cc2ccccc2CC1CCC(C)(CCCCB1OC(C)(C)C(C)(C)O1)C(C)(C)C.N=C=O. The number of unbranched alkanes of at least 4 members (excludes halogenated alkanes) is 1. The predicted molar refractivity (Wildman–Crippen MR) is 150 cm³/mol. The summed E-state index contributed by atoms with van der Waals surface area (Å²) >= 11 is 0. The Morgan fingerprint density at radius 3 is 2.11 bits per heavy atom. The van der Waals surface area contributed by atoms with Gasteiger partial charge in [-0.25, -0.2) is 10.2 Å². The van der Waals surface area contributed by atoms with Crippen LogP contribution >= 0.6 is 0 Å². The molecular weight excluding hydrogens is 447 g/mol. The third-order valence-electron chi connectivity index (χ3n) is 9.43. The Morgan fingerprint density at radius 2 is 1.58 bits per heavy atom. The average Bonchev–Trinajstić information content (AvgIpc) is 3.00. The molecule has 2 atom stereocenters. The molecule has 1 N–H and O–H groups in total. The van der Waals surface area contributed by atoms with Gasteiger partial charge in [-0.2, -0.15) is 0 Å². The molecule has 6 heteroatoms. The van der Waals surface area contributed by atoms with E-state index in [-0.39, 0.29) is 18.3 Å². The fraction of sp³-hybridized carbons (Fsp3) is 0.767. The standard InChI is InChI=1S/C29H50BNO2.CHNO/c1-10-31-22-24-16-12-11-15-23(24)21-25(31)17-19-29(9,26(2,3)4)18-13-14-20-30-32-27(5,6)28(7,8)33-30;2-1-3/h11-12,15-16,25H,10,13-14,17-22H2,1-9H3;2H. The molecule has 0 radical (unpaired) electrons. The van der Waals surface area contributed by atoms with Gasteiger partial charge in [-0.15, -0.1) is 0 Å². The van der Waals surface area contributed by atoms with Gasteiger partial charge in [0.15, 0.2) is 0 Å². The van der Waals surface area contributed by atoms with Crippen molar-refractivity contribution in [3.63, 3.8) is 0 Å². The molecule has 1 aromatic rings. The quantitative estimate of drug-likeness (QED) is 0.166. The van der Waals surface area contributed by atoms with Crippen LogP contribution in [0.4, 0.5) is 0 Å². The first kappa shape index (κ1) is 30.8. The van der Waals surface area contributed by atoms with Crippen molar-refractivity contribution < 1.29 is 14.1 Å². The van der Waals surface area contributed by atoms with Gasteiger partial charge in [0.2, 0.25) is 6.08 Å². The Hall–Kier alpha value is -1.46. The van der Waals surface area contributed by atoms with E-state index in [1.807, 2.05) is 0 Å². The molecule has 3 rings (SSSR count). The fourth-order valence-corrected chi connectivity index (χ4v) is 5.57. The molecule has 0 amide bonds. The number of likely N-dealkylation sites (N-methyl/N-ethyl adjacent to an activating group) is 1. The summed E-state index contributed by atoms with van der Waals surface area (Å²) < 4.78 is 12.4. The third kappa shape index (κ3) is 7.54. The van der Waals surface area contributed by atoms with E-state index in [4.69, 9.17) is 19.5 Å². The zero-order chi connectivity index (χ0) is 27.2. The van der Waals surface area contributed by atoms with E-state index in [9.17, 15) is 0 Å². The van der Waals surface area contributed by atoms with Crippen LogP contribution in [-0.2, 0) is 27.1 Å². The number of hydrogen-bond donors (Lipinski definition) is 1. The van der Waals surface area contributed by atoms with Gasteiger partial charge in [0.05, 0.1) is 11.2 Å². The van der Waals surface area contributed by atoms with Crippen LogP contribution in [0.15, 0.2) is 24.3 Å². The topological polar surface area (TPSA) is 62.6 Å². The van der Waals surface area contributed by atoms with E-state index in [1.165, 1.54) is 44.1 Å². The van der Waals surface area contributed by atoms with Gasteiger partial charge in [0.1, 0.15) is 0 Å². The Morgan fingerprint density at radius 1 is 1.03 bits per heavy atom. The van der Waals surface area contributed by atoms with Crippen LogP contribution in [-0.4, -0.2) is 41.9 Å². The minimum Gasteiger partial charge on any atom is -0.403 e. The van der Waals surface area contributed by atoms with Gasteiger partial charge >= 0.3 is 7.12 Å². The lowest BCUT2D eigenvalue weighted by Gasteiger charge is -2.45. The van der Waals surface area contributed by atoms with Crippen molar-refractivity contribution in [2.75, 3.05) is 6.54 Å². The van der Waals surface area contributed by atoms with Gasteiger partial charge < -0.3 is 9.31 Å². The minimum atomic E-state index is -0.221. The van der Waals surface area contributed by atoms with Crippen molar-refractivity contribution in [3.8, 4) is 0 Å². The molecule has 5 nitrogen and oxygen atoms in total. The Bertz CT molecular complexity index is 857. The first-order chi connectivity index (χ1) is 16.7. The highest BCUT2D eigenvalue weighted by molar-refractivity contribution is 6.45. The van der Waals surface area contributed by atoms with E-state index in [0.29, 0.717) is 16.9 Å². The van der Waals surface area contributed by atoms with Crippen molar-refractivity contribution in [1.82, 2.24) is 4.90 Å². The van der Waals surface area contributed by atoms with Gasteiger partial charge in [-0.1, -0.05) is 71.7 Å². The number of hydrogen-bond acceptors (Lipinski definition) is 5. The molecule has 0 aliphatic carbocycles. The van der Waals surface area contributed by atoms with Crippen LogP contribution in [0.3, 0.4) is 0 Å². The summed E-state index contributed by atoms with van der Waals surface area (Å²) in [6.45, 7) is 23.0. The number of rotatable bonds is 9. The Kier molecular flexibility index (Phi) is 10.6. The molecule has 2 aliphatic rings. The van der Waals surface area contributed by atoms with Crippen LogP contribution in [0.2, 0.25) is 6.32 Å². The molecule has 2 unspecified atom stereocenters. The number of carbonyl (C=O) groups excluding carboxylic acids is 1. The summed E-state index contributed by atoms with van der Waals surface area (Å²) in [7, 11) is -0.0590. The lowest BCUT2D eigenvalue weighted by molar-refractivity contribution is 0.00578. The summed E-state index contributed by atoms with van der Waals surface area (Å²) in [5.74, 6) is 0. The summed E-state index contributed by atoms with van der Waals surface area (Å²) in [6, 6.07) is 9.71. The van der Waals surface area contributed by atoms with Gasteiger partial charge in [0, 0.05) is 12.6 Å².